The molecule has 0 radical (unpaired) electrons. The highest BCUT2D eigenvalue weighted by atomic mass is 32.2. The predicted molar refractivity (Wildman–Crippen MR) is 105 cm³/mol. The fourth-order valence-electron chi connectivity index (χ4n) is 2.55. The van der Waals surface area contributed by atoms with Crippen molar-refractivity contribution in [2.45, 2.75) is 37.6 Å². The molecule has 3 rings (SSSR count). The largest absolute Gasteiger partial charge is 0.452 e. The predicted octanol–water partition coefficient (Wildman–Crippen LogP) is 2.68. The van der Waals surface area contributed by atoms with E-state index in [1.54, 1.807) is 13.8 Å². The maximum absolute atomic E-state index is 13.5. The van der Waals surface area contributed by atoms with E-state index in [0.717, 1.165) is 12.8 Å². The molecular formula is C20H21FN2O5S. The summed E-state index contributed by atoms with van der Waals surface area (Å²) >= 11 is 0. The summed E-state index contributed by atoms with van der Waals surface area (Å²) in [5, 5.41) is 2.43. The van der Waals surface area contributed by atoms with Crippen molar-refractivity contribution in [1.82, 2.24) is 4.72 Å². The minimum absolute atomic E-state index is 0.0402. The molecule has 0 unspecified atom stereocenters. The Labute approximate surface area is 168 Å². The third-order valence-corrected chi connectivity index (χ3v) is 5.95. The lowest BCUT2D eigenvalue weighted by Gasteiger charge is -2.11. The van der Waals surface area contributed by atoms with Gasteiger partial charge in [-0.1, -0.05) is 12.1 Å². The smallest absolute Gasteiger partial charge is 0.338 e. The maximum Gasteiger partial charge on any atom is 0.338 e. The van der Waals surface area contributed by atoms with Gasteiger partial charge < -0.3 is 10.1 Å². The van der Waals surface area contributed by atoms with Crippen LogP contribution in [0.15, 0.2) is 41.3 Å². The number of hydrogen-bond acceptors (Lipinski definition) is 5. The van der Waals surface area contributed by atoms with Crippen LogP contribution in [0.4, 0.5) is 10.1 Å². The Morgan fingerprint density at radius 2 is 1.79 bits per heavy atom. The molecule has 1 aliphatic rings. The lowest BCUT2D eigenvalue weighted by atomic mass is 10.1. The molecule has 2 N–H and O–H groups in total. The molecule has 0 heterocycles. The van der Waals surface area contributed by atoms with Crippen molar-refractivity contribution >= 4 is 27.6 Å². The third-order valence-electron chi connectivity index (χ3n) is 4.43. The molecule has 7 nitrogen and oxygen atoms in total. The van der Waals surface area contributed by atoms with Crippen LogP contribution in [0.1, 0.15) is 34.3 Å². The second-order valence-corrected chi connectivity index (χ2v) is 8.67. The van der Waals surface area contributed by atoms with Gasteiger partial charge in [-0.05, 0) is 62.1 Å². The summed E-state index contributed by atoms with van der Waals surface area (Å²) in [5.41, 5.74) is 1.25. The number of rotatable bonds is 7. The van der Waals surface area contributed by atoms with E-state index < -0.39 is 34.3 Å². The maximum atomic E-state index is 13.5. The Hall–Kier alpha value is -2.78. The van der Waals surface area contributed by atoms with Gasteiger partial charge in [0.25, 0.3) is 5.91 Å². The molecule has 0 aliphatic heterocycles. The second kappa shape index (κ2) is 8.30. The van der Waals surface area contributed by atoms with Crippen molar-refractivity contribution in [3.8, 4) is 0 Å². The molecule has 0 aromatic heterocycles. The number of sulfonamides is 1. The summed E-state index contributed by atoms with van der Waals surface area (Å²) < 4.78 is 45.7. The van der Waals surface area contributed by atoms with Crippen molar-refractivity contribution in [3.63, 3.8) is 0 Å². The molecule has 0 saturated heterocycles. The number of amides is 1. The van der Waals surface area contributed by atoms with Gasteiger partial charge in [-0.3, -0.25) is 4.79 Å². The van der Waals surface area contributed by atoms with Crippen molar-refractivity contribution < 1.29 is 27.1 Å². The summed E-state index contributed by atoms with van der Waals surface area (Å²) in [6, 6.07) is 8.30. The molecule has 1 amide bonds. The molecule has 1 aliphatic carbocycles. The van der Waals surface area contributed by atoms with Gasteiger partial charge in [0.05, 0.1) is 10.5 Å². The number of anilines is 1. The van der Waals surface area contributed by atoms with Gasteiger partial charge in [0.15, 0.2) is 6.61 Å². The first-order chi connectivity index (χ1) is 13.7. The van der Waals surface area contributed by atoms with E-state index in [9.17, 15) is 22.4 Å². The van der Waals surface area contributed by atoms with Crippen LogP contribution >= 0.6 is 0 Å². The van der Waals surface area contributed by atoms with Crippen molar-refractivity contribution in [1.29, 1.82) is 0 Å². The zero-order valence-electron chi connectivity index (χ0n) is 16.0. The first kappa shape index (κ1) is 20.9. The Morgan fingerprint density at radius 1 is 1.10 bits per heavy atom. The van der Waals surface area contributed by atoms with Gasteiger partial charge in [-0.15, -0.1) is 0 Å². The molecule has 0 atom stereocenters. The van der Waals surface area contributed by atoms with Crippen LogP contribution in [-0.4, -0.2) is 32.9 Å². The average Bonchev–Trinajstić information content (AvgIpc) is 3.46. The molecular weight excluding hydrogens is 399 g/mol. The number of carbonyl (C=O) groups excluding carboxylic acids is 2. The number of aryl methyl sites for hydroxylation is 2. The molecule has 0 bridgehead atoms. The van der Waals surface area contributed by atoms with Gasteiger partial charge in [0.2, 0.25) is 10.0 Å². The number of nitrogens with one attached hydrogen (secondary N) is 2. The fraction of sp³-hybridized carbons (Fsp3) is 0.300. The minimum Gasteiger partial charge on any atom is -0.452 e. The Morgan fingerprint density at radius 3 is 2.45 bits per heavy atom. The number of ether oxygens (including phenoxy) is 1. The fourth-order valence-corrected chi connectivity index (χ4v) is 3.88. The van der Waals surface area contributed by atoms with Gasteiger partial charge in [0.1, 0.15) is 5.82 Å². The minimum atomic E-state index is -3.72. The summed E-state index contributed by atoms with van der Waals surface area (Å²) in [6.07, 6.45) is 1.58. The quantitative estimate of drug-likeness (QED) is 0.671. The van der Waals surface area contributed by atoms with Crippen LogP contribution in [0.3, 0.4) is 0 Å². The lowest BCUT2D eigenvalue weighted by Crippen LogP contribution is -2.26. The summed E-state index contributed by atoms with van der Waals surface area (Å²) in [5.74, 6) is -1.93. The number of esters is 1. The molecule has 154 valence electrons. The van der Waals surface area contributed by atoms with Gasteiger partial charge in [-0.2, -0.15) is 0 Å². The monoisotopic (exact) mass is 420 g/mol. The third kappa shape index (κ3) is 5.39. The van der Waals surface area contributed by atoms with Crippen LogP contribution in [0.25, 0.3) is 0 Å². The summed E-state index contributed by atoms with van der Waals surface area (Å²) in [7, 11) is -3.72. The molecule has 9 heteroatoms. The molecule has 1 fully saturated rings. The Balaban J connectivity index is 1.64. The van der Waals surface area contributed by atoms with E-state index in [0.29, 0.717) is 11.1 Å². The molecule has 2 aromatic carbocycles. The zero-order valence-corrected chi connectivity index (χ0v) is 16.8. The zero-order chi connectivity index (χ0) is 21.2. The number of halogens is 1. The lowest BCUT2D eigenvalue weighted by molar-refractivity contribution is -0.119. The van der Waals surface area contributed by atoms with E-state index in [1.165, 1.54) is 36.4 Å². The highest BCUT2D eigenvalue weighted by Crippen LogP contribution is 2.23. The number of benzene rings is 2. The summed E-state index contributed by atoms with van der Waals surface area (Å²) in [4.78, 5) is 24.3. The number of hydrogen-bond donors (Lipinski definition) is 2. The van der Waals surface area contributed by atoms with E-state index in [4.69, 9.17) is 4.74 Å². The van der Waals surface area contributed by atoms with Crippen LogP contribution in [-0.2, 0) is 19.6 Å². The van der Waals surface area contributed by atoms with E-state index in [1.807, 2.05) is 0 Å². The highest BCUT2D eigenvalue weighted by molar-refractivity contribution is 7.89. The summed E-state index contributed by atoms with van der Waals surface area (Å²) in [6.45, 7) is 2.64. The highest BCUT2D eigenvalue weighted by Gasteiger charge is 2.28. The topological polar surface area (TPSA) is 102 Å². The SMILES string of the molecule is Cc1ccc(NC(=O)COC(=O)c2cc(S(=O)(=O)NC3CC3)ccc2C)cc1F. The normalized spacial score (nSPS) is 13.8. The Kier molecular flexibility index (Phi) is 5.99. The standard InChI is InChI=1S/C20H21FN2O5S/c1-12-4-8-16(29(26,27)23-14-6-7-14)10-17(12)20(25)28-11-19(24)22-15-5-3-13(2)18(21)9-15/h3-5,8-10,14,23H,6-7,11H2,1-2H3,(H,22,24). The first-order valence-electron chi connectivity index (χ1n) is 9.02. The van der Waals surface area contributed by atoms with E-state index in [-0.39, 0.29) is 22.2 Å². The van der Waals surface area contributed by atoms with Crippen LogP contribution in [0.2, 0.25) is 0 Å². The number of carbonyl (C=O) groups is 2. The van der Waals surface area contributed by atoms with Crippen LogP contribution < -0.4 is 10.0 Å². The van der Waals surface area contributed by atoms with E-state index in [2.05, 4.69) is 10.0 Å². The van der Waals surface area contributed by atoms with E-state index >= 15 is 0 Å². The van der Waals surface area contributed by atoms with Crippen molar-refractivity contribution in [2.75, 3.05) is 11.9 Å². The first-order valence-corrected chi connectivity index (χ1v) is 10.5. The van der Waals surface area contributed by atoms with Gasteiger partial charge >= 0.3 is 5.97 Å². The molecule has 0 spiro atoms. The Bertz CT molecular complexity index is 1060. The van der Waals surface area contributed by atoms with Crippen LogP contribution in [0.5, 0.6) is 0 Å². The molecule has 29 heavy (non-hydrogen) atoms. The van der Waals surface area contributed by atoms with Crippen molar-refractivity contribution in [2.24, 2.45) is 0 Å². The van der Waals surface area contributed by atoms with Crippen molar-refractivity contribution in [3.05, 3.63) is 58.9 Å². The van der Waals surface area contributed by atoms with Crippen LogP contribution in [0, 0.1) is 19.7 Å². The molecule has 2 aromatic rings. The second-order valence-electron chi connectivity index (χ2n) is 6.96. The van der Waals surface area contributed by atoms with Gasteiger partial charge in [-0.25, -0.2) is 22.3 Å². The average molecular weight is 420 g/mol. The molecule has 1 saturated carbocycles. The van der Waals surface area contributed by atoms with Gasteiger partial charge in [0, 0.05) is 11.7 Å².